The van der Waals surface area contributed by atoms with Crippen LogP contribution >= 0.6 is 0 Å². The molecule has 166 valence electrons. The fourth-order valence-electron chi connectivity index (χ4n) is 3.11. The van der Waals surface area contributed by atoms with E-state index in [-0.39, 0.29) is 24.3 Å². The van der Waals surface area contributed by atoms with Gasteiger partial charge in [0, 0.05) is 24.8 Å². The Morgan fingerprint density at radius 3 is 2.26 bits per heavy atom. The van der Waals surface area contributed by atoms with Gasteiger partial charge in [-0.25, -0.2) is 26.4 Å². The molecule has 0 spiro atoms. The lowest BCUT2D eigenvalue weighted by Crippen LogP contribution is -2.36. The molecule has 2 aromatic rings. The SMILES string of the molecule is O=C(COC(=O)c1ccc(F)c(S(=O)(=O)N2CCCCC2)c1)Nc1cc(F)cc(F)c1. The Hall–Kier alpha value is -2.92. The van der Waals surface area contributed by atoms with E-state index in [0.29, 0.717) is 18.9 Å². The number of piperidine rings is 1. The second kappa shape index (κ2) is 9.48. The third-order valence-electron chi connectivity index (χ3n) is 4.58. The number of ether oxygens (including phenoxy) is 1. The number of sulfonamides is 1. The smallest absolute Gasteiger partial charge is 0.338 e. The highest BCUT2D eigenvalue weighted by Gasteiger charge is 2.29. The number of esters is 1. The van der Waals surface area contributed by atoms with Gasteiger partial charge in [-0.1, -0.05) is 6.42 Å². The number of nitrogens with zero attached hydrogens (tertiary/aromatic N) is 1. The molecule has 0 unspecified atom stereocenters. The van der Waals surface area contributed by atoms with Crippen molar-refractivity contribution in [2.75, 3.05) is 25.0 Å². The number of nitrogens with one attached hydrogen (secondary N) is 1. The molecule has 3 rings (SSSR count). The third-order valence-corrected chi connectivity index (χ3v) is 6.49. The molecule has 0 saturated carbocycles. The molecule has 2 aromatic carbocycles. The van der Waals surface area contributed by atoms with Gasteiger partial charge in [-0.05, 0) is 43.2 Å². The van der Waals surface area contributed by atoms with Crippen LogP contribution in [0.1, 0.15) is 29.6 Å². The van der Waals surface area contributed by atoms with Crippen molar-refractivity contribution in [3.05, 3.63) is 59.4 Å². The largest absolute Gasteiger partial charge is 0.452 e. The van der Waals surface area contributed by atoms with Crippen molar-refractivity contribution in [2.24, 2.45) is 0 Å². The van der Waals surface area contributed by atoms with Crippen molar-refractivity contribution in [3.63, 3.8) is 0 Å². The number of carbonyl (C=O) groups excluding carboxylic acids is 2. The summed E-state index contributed by atoms with van der Waals surface area (Å²) in [5.74, 6) is -4.74. The van der Waals surface area contributed by atoms with Crippen molar-refractivity contribution >= 4 is 27.6 Å². The Morgan fingerprint density at radius 2 is 1.61 bits per heavy atom. The van der Waals surface area contributed by atoms with Crippen LogP contribution < -0.4 is 5.32 Å². The van der Waals surface area contributed by atoms with Crippen LogP contribution in [0.4, 0.5) is 18.9 Å². The minimum absolute atomic E-state index is 0.171. The number of rotatable bonds is 6. The molecule has 0 radical (unpaired) electrons. The van der Waals surface area contributed by atoms with Gasteiger partial charge in [0.2, 0.25) is 10.0 Å². The van der Waals surface area contributed by atoms with Gasteiger partial charge in [0.25, 0.3) is 5.91 Å². The van der Waals surface area contributed by atoms with Crippen molar-refractivity contribution in [1.82, 2.24) is 4.31 Å². The van der Waals surface area contributed by atoms with Gasteiger partial charge in [-0.2, -0.15) is 4.31 Å². The number of hydrogen-bond acceptors (Lipinski definition) is 5. The molecule has 0 aromatic heterocycles. The first-order valence-corrected chi connectivity index (χ1v) is 10.8. The van der Waals surface area contributed by atoms with E-state index in [4.69, 9.17) is 4.74 Å². The zero-order valence-electron chi connectivity index (χ0n) is 16.2. The fourth-order valence-corrected chi connectivity index (χ4v) is 4.72. The van der Waals surface area contributed by atoms with Gasteiger partial charge < -0.3 is 10.1 Å². The molecule has 1 aliphatic rings. The Morgan fingerprint density at radius 1 is 0.968 bits per heavy atom. The number of hydrogen-bond donors (Lipinski definition) is 1. The summed E-state index contributed by atoms with van der Waals surface area (Å²) >= 11 is 0. The predicted molar refractivity (Wildman–Crippen MR) is 104 cm³/mol. The average Bonchev–Trinajstić information content (AvgIpc) is 2.72. The maximum absolute atomic E-state index is 14.2. The monoisotopic (exact) mass is 456 g/mol. The van der Waals surface area contributed by atoms with E-state index >= 15 is 0 Å². The first kappa shape index (κ1) is 22.8. The van der Waals surface area contributed by atoms with E-state index in [1.807, 2.05) is 0 Å². The molecule has 1 saturated heterocycles. The van der Waals surface area contributed by atoms with Crippen LogP contribution in [-0.4, -0.2) is 44.3 Å². The van der Waals surface area contributed by atoms with Crippen LogP contribution in [0.25, 0.3) is 0 Å². The van der Waals surface area contributed by atoms with E-state index in [1.165, 1.54) is 0 Å². The molecule has 1 aliphatic heterocycles. The Labute approximate surface area is 176 Å². The van der Waals surface area contributed by atoms with E-state index in [9.17, 15) is 31.2 Å². The summed E-state index contributed by atoms with van der Waals surface area (Å²) in [7, 11) is -4.13. The molecule has 1 heterocycles. The van der Waals surface area contributed by atoms with Crippen LogP contribution in [0.5, 0.6) is 0 Å². The second-order valence-corrected chi connectivity index (χ2v) is 8.80. The van der Waals surface area contributed by atoms with Crippen LogP contribution in [0, 0.1) is 17.5 Å². The summed E-state index contributed by atoms with van der Waals surface area (Å²) < 4.78 is 71.9. The van der Waals surface area contributed by atoms with Crippen molar-refractivity contribution in [1.29, 1.82) is 0 Å². The lowest BCUT2D eigenvalue weighted by Gasteiger charge is -2.26. The zero-order chi connectivity index (χ0) is 22.6. The summed E-state index contributed by atoms with van der Waals surface area (Å²) in [6.45, 7) is -0.281. The molecule has 11 heteroatoms. The van der Waals surface area contributed by atoms with Gasteiger partial charge in [0.05, 0.1) is 5.56 Å². The summed E-state index contributed by atoms with van der Waals surface area (Å²) in [5, 5.41) is 2.16. The normalized spacial score (nSPS) is 14.8. The second-order valence-electron chi connectivity index (χ2n) is 6.89. The van der Waals surface area contributed by atoms with Crippen molar-refractivity contribution < 1.29 is 35.9 Å². The van der Waals surface area contributed by atoms with Crippen LogP contribution in [0.3, 0.4) is 0 Å². The third kappa shape index (κ3) is 5.61. The molecule has 7 nitrogen and oxygen atoms in total. The summed E-state index contributed by atoms with van der Waals surface area (Å²) in [4.78, 5) is 23.4. The van der Waals surface area contributed by atoms with E-state index < -0.39 is 50.9 Å². The molecule has 0 atom stereocenters. The highest BCUT2D eigenvalue weighted by atomic mass is 32.2. The number of anilines is 1. The Kier molecular flexibility index (Phi) is 6.96. The Bertz CT molecular complexity index is 1080. The standard InChI is InChI=1S/C20H19F3N2O5S/c21-14-9-15(22)11-16(10-14)24-19(26)12-30-20(27)13-4-5-17(23)18(8-13)31(28,29)25-6-2-1-3-7-25/h4-5,8-11H,1-3,6-7,12H2,(H,24,26). The lowest BCUT2D eigenvalue weighted by atomic mass is 10.2. The molecule has 31 heavy (non-hydrogen) atoms. The minimum atomic E-state index is -4.13. The van der Waals surface area contributed by atoms with Gasteiger partial charge in [0.15, 0.2) is 6.61 Å². The highest BCUT2D eigenvalue weighted by Crippen LogP contribution is 2.24. The van der Waals surface area contributed by atoms with E-state index in [0.717, 1.165) is 41.1 Å². The molecule has 1 N–H and O–H groups in total. The first-order valence-electron chi connectivity index (χ1n) is 9.39. The highest BCUT2D eigenvalue weighted by molar-refractivity contribution is 7.89. The number of amides is 1. The predicted octanol–water partition coefficient (Wildman–Crippen LogP) is 3.07. The number of benzene rings is 2. The summed E-state index contributed by atoms with van der Waals surface area (Å²) in [5.41, 5.74) is -0.433. The molecule has 0 bridgehead atoms. The topological polar surface area (TPSA) is 92.8 Å². The van der Waals surface area contributed by atoms with E-state index in [2.05, 4.69) is 5.32 Å². The maximum atomic E-state index is 14.2. The summed E-state index contributed by atoms with van der Waals surface area (Å²) in [6.07, 6.45) is 2.20. The number of carbonyl (C=O) groups is 2. The first-order chi connectivity index (χ1) is 14.7. The van der Waals surface area contributed by atoms with E-state index in [1.54, 1.807) is 0 Å². The van der Waals surface area contributed by atoms with Gasteiger partial charge >= 0.3 is 5.97 Å². The fraction of sp³-hybridized carbons (Fsp3) is 0.300. The maximum Gasteiger partial charge on any atom is 0.338 e. The molecule has 1 fully saturated rings. The van der Waals surface area contributed by atoms with Crippen molar-refractivity contribution in [3.8, 4) is 0 Å². The molecule has 0 aliphatic carbocycles. The van der Waals surface area contributed by atoms with Gasteiger partial charge in [-0.15, -0.1) is 0 Å². The average molecular weight is 456 g/mol. The molecular weight excluding hydrogens is 437 g/mol. The zero-order valence-corrected chi connectivity index (χ0v) is 17.1. The molecule has 1 amide bonds. The lowest BCUT2D eigenvalue weighted by molar-refractivity contribution is -0.119. The van der Waals surface area contributed by atoms with Crippen LogP contribution in [0.15, 0.2) is 41.3 Å². The minimum Gasteiger partial charge on any atom is -0.452 e. The van der Waals surface area contributed by atoms with Crippen molar-refractivity contribution in [2.45, 2.75) is 24.2 Å². The van der Waals surface area contributed by atoms with Gasteiger partial charge in [-0.3, -0.25) is 4.79 Å². The Balaban J connectivity index is 1.68. The summed E-state index contributed by atoms with van der Waals surface area (Å²) in [6, 6.07) is 5.11. The van der Waals surface area contributed by atoms with Crippen LogP contribution in [-0.2, 0) is 19.6 Å². The van der Waals surface area contributed by atoms with Gasteiger partial charge in [0.1, 0.15) is 22.3 Å². The molecular formula is C20H19F3N2O5S. The van der Waals surface area contributed by atoms with Crippen LogP contribution in [0.2, 0.25) is 0 Å². The number of halogens is 3. The quantitative estimate of drug-likeness (QED) is 0.675.